The lowest BCUT2D eigenvalue weighted by atomic mass is 10.1. The van der Waals surface area contributed by atoms with Crippen LogP contribution in [0.25, 0.3) is 0 Å². The van der Waals surface area contributed by atoms with E-state index in [1.165, 1.54) is 6.92 Å². The molecule has 0 saturated carbocycles. The van der Waals surface area contributed by atoms with Crippen molar-refractivity contribution in [3.63, 3.8) is 0 Å². The van der Waals surface area contributed by atoms with E-state index >= 15 is 0 Å². The van der Waals surface area contributed by atoms with Crippen molar-refractivity contribution in [3.8, 4) is 0 Å². The van der Waals surface area contributed by atoms with Crippen molar-refractivity contribution in [2.45, 2.75) is 19.4 Å². The predicted molar refractivity (Wildman–Crippen MR) is 79.5 cm³/mol. The number of hydrogen-bond acceptors (Lipinski definition) is 3. The molecule has 1 unspecified atom stereocenters. The van der Waals surface area contributed by atoms with Crippen molar-refractivity contribution in [1.29, 1.82) is 0 Å². The average Bonchev–Trinajstić information content (AvgIpc) is 2.79. The van der Waals surface area contributed by atoms with E-state index in [0.717, 1.165) is 13.0 Å². The van der Waals surface area contributed by atoms with Gasteiger partial charge in [0.1, 0.15) is 0 Å². The van der Waals surface area contributed by atoms with E-state index in [1.807, 2.05) is 4.90 Å². The first-order valence-corrected chi connectivity index (χ1v) is 7.19. The molecule has 108 valence electrons. The quantitative estimate of drug-likeness (QED) is 0.868. The maximum absolute atomic E-state index is 12.2. The van der Waals surface area contributed by atoms with Crippen LogP contribution in [0.1, 0.15) is 23.7 Å². The van der Waals surface area contributed by atoms with Gasteiger partial charge in [0.15, 0.2) is 5.78 Å². The van der Waals surface area contributed by atoms with Crippen LogP contribution in [0.4, 0.5) is 0 Å². The van der Waals surface area contributed by atoms with Gasteiger partial charge in [-0.1, -0.05) is 23.2 Å². The van der Waals surface area contributed by atoms with Crippen LogP contribution in [0.2, 0.25) is 10.0 Å². The maximum atomic E-state index is 12.2. The number of carbonyl (C=O) groups excluding carboxylic acids is 2. The Hall–Kier alpha value is -1.10. The van der Waals surface area contributed by atoms with Gasteiger partial charge in [0.05, 0.1) is 16.6 Å². The maximum Gasteiger partial charge on any atom is 0.217 e. The molecule has 1 saturated heterocycles. The smallest absolute Gasteiger partial charge is 0.217 e. The molecule has 20 heavy (non-hydrogen) atoms. The van der Waals surface area contributed by atoms with E-state index in [2.05, 4.69) is 5.32 Å². The normalized spacial score (nSPS) is 19.1. The lowest BCUT2D eigenvalue weighted by Crippen LogP contribution is -2.36. The Morgan fingerprint density at radius 3 is 2.75 bits per heavy atom. The molecule has 1 aromatic carbocycles. The molecule has 1 heterocycles. The highest BCUT2D eigenvalue weighted by molar-refractivity contribution is 6.42. The van der Waals surface area contributed by atoms with E-state index < -0.39 is 0 Å². The summed E-state index contributed by atoms with van der Waals surface area (Å²) in [4.78, 5) is 25.2. The summed E-state index contributed by atoms with van der Waals surface area (Å²) >= 11 is 11.7. The van der Waals surface area contributed by atoms with Crippen molar-refractivity contribution < 1.29 is 9.59 Å². The second kappa shape index (κ2) is 6.57. The summed E-state index contributed by atoms with van der Waals surface area (Å²) in [6, 6.07) is 5.03. The van der Waals surface area contributed by atoms with Gasteiger partial charge in [-0.25, -0.2) is 0 Å². The van der Waals surface area contributed by atoms with Crippen LogP contribution in [0.3, 0.4) is 0 Å². The van der Waals surface area contributed by atoms with Crippen molar-refractivity contribution in [2.75, 3.05) is 19.6 Å². The minimum Gasteiger partial charge on any atom is -0.352 e. The van der Waals surface area contributed by atoms with Gasteiger partial charge in [0, 0.05) is 31.6 Å². The molecule has 0 bridgehead atoms. The van der Waals surface area contributed by atoms with Crippen LogP contribution >= 0.6 is 23.2 Å². The molecular formula is C14H16Cl2N2O2. The molecule has 4 nitrogen and oxygen atoms in total. The third kappa shape index (κ3) is 3.95. The van der Waals surface area contributed by atoms with Crippen molar-refractivity contribution in [3.05, 3.63) is 33.8 Å². The van der Waals surface area contributed by atoms with E-state index in [0.29, 0.717) is 28.7 Å². The molecule has 2 rings (SSSR count). The molecule has 1 amide bonds. The van der Waals surface area contributed by atoms with Crippen LogP contribution in [0, 0.1) is 0 Å². The molecule has 1 atom stereocenters. The fraction of sp³-hybridized carbons (Fsp3) is 0.429. The Bertz CT molecular complexity index is 534. The van der Waals surface area contributed by atoms with E-state index in [-0.39, 0.29) is 17.7 Å². The van der Waals surface area contributed by atoms with Gasteiger partial charge in [-0.3, -0.25) is 14.5 Å². The summed E-state index contributed by atoms with van der Waals surface area (Å²) in [6.07, 6.45) is 0.869. The zero-order valence-corrected chi connectivity index (χ0v) is 12.7. The zero-order valence-electron chi connectivity index (χ0n) is 11.2. The first-order valence-electron chi connectivity index (χ1n) is 6.43. The molecule has 1 aromatic rings. The molecule has 1 aliphatic heterocycles. The van der Waals surface area contributed by atoms with E-state index in [4.69, 9.17) is 23.2 Å². The number of benzene rings is 1. The van der Waals surface area contributed by atoms with Crippen LogP contribution in [0.15, 0.2) is 18.2 Å². The number of halogens is 2. The fourth-order valence-corrected chi connectivity index (χ4v) is 2.64. The van der Waals surface area contributed by atoms with Crippen LogP contribution in [-0.2, 0) is 4.79 Å². The first-order chi connectivity index (χ1) is 9.45. The molecular weight excluding hydrogens is 299 g/mol. The number of rotatable bonds is 4. The van der Waals surface area contributed by atoms with Crippen LogP contribution in [-0.4, -0.2) is 42.3 Å². The third-order valence-corrected chi connectivity index (χ3v) is 4.03. The summed E-state index contributed by atoms with van der Waals surface area (Å²) < 4.78 is 0. The number of likely N-dealkylation sites (tertiary alicyclic amines) is 1. The molecule has 0 radical (unpaired) electrons. The molecule has 1 N–H and O–H groups in total. The number of ketones is 1. The van der Waals surface area contributed by atoms with Crippen LogP contribution in [0.5, 0.6) is 0 Å². The number of nitrogens with one attached hydrogen (secondary N) is 1. The fourth-order valence-electron chi connectivity index (χ4n) is 2.35. The second-order valence-electron chi connectivity index (χ2n) is 4.97. The number of nitrogens with zero attached hydrogens (tertiary/aromatic N) is 1. The minimum absolute atomic E-state index is 0.00652. The highest BCUT2D eigenvalue weighted by Gasteiger charge is 2.24. The van der Waals surface area contributed by atoms with Gasteiger partial charge in [-0.15, -0.1) is 0 Å². The van der Waals surface area contributed by atoms with Crippen molar-refractivity contribution in [2.24, 2.45) is 0 Å². The monoisotopic (exact) mass is 314 g/mol. The summed E-state index contributed by atoms with van der Waals surface area (Å²) in [6.45, 7) is 3.34. The molecule has 1 fully saturated rings. The number of amides is 1. The van der Waals surface area contributed by atoms with Crippen molar-refractivity contribution >= 4 is 34.9 Å². The van der Waals surface area contributed by atoms with Gasteiger partial charge in [-0.2, -0.15) is 0 Å². The topological polar surface area (TPSA) is 49.4 Å². The number of carbonyl (C=O) groups is 2. The highest BCUT2D eigenvalue weighted by atomic mass is 35.5. The van der Waals surface area contributed by atoms with Gasteiger partial charge in [0.2, 0.25) is 5.91 Å². The lowest BCUT2D eigenvalue weighted by Gasteiger charge is -2.15. The predicted octanol–water partition coefficient (Wildman–Crippen LogP) is 2.39. The van der Waals surface area contributed by atoms with Gasteiger partial charge in [-0.05, 0) is 24.6 Å². The number of hydrogen-bond donors (Lipinski definition) is 1. The molecule has 0 aromatic heterocycles. The van der Waals surface area contributed by atoms with E-state index in [1.54, 1.807) is 18.2 Å². The second-order valence-corrected chi connectivity index (χ2v) is 5.79. The SMILES string of the molecule is CC(=O)NC1CCN(CC(=O)c2ccc(Cl)c(Cl)c2)C1. The lowest BCUT2D eigenvalue weighted by molar-refractivity contribution is -0.119. The van der Waals surface area contributed by atoms with Gasteiger partial charge < -0.3 is 5.32 Å². The average molecular weight is 315 g/mol. The third-order valence-electron chi connectivity index (χ3n) is 3.29. The van der Waals surface area contributed by atoms with Gasteiger partial charge >= 0.3 is 0 Å². The van der Waals surface area contributed by atoms with Gasteiger partial charge in [0.25, 0.3) is 0 Å². The molecule has 1 aliphatic rings. The molecule has 6 heteroatoms. The first kappa shape index (κ1) is 15.3. The zero-order chi connectivity index (χ0) is 14.7. The Morgan fingerprint density at radius 1 is 1.35 bits per heavy atom. The minimum atomic E-state index is -0.0346. The molecule has 0 aliphatic carbocycles. The Balaban J connectivity index is 1.92. The molecule has 0 spiro atoms. The van der Waals surface area contributed by atoms with Crippen molar-refractivity contribution in [1.82, 2.24) is 10.2 Å². The summed E-state index contributed by atoms with van der Waals surface area (Å²) in [5.74, 6) is -0.0281. The Labute approximate surface area is 128 Å². The Morgan fingerprint density at radius 2 is 2.10 bits per heavy atom. The highest BCUT2D eigenvalue weighted by Crippen LogP contribution is 2.23. The standard InChI is InChI=1S/C14H16Cl2N2O2/c1-9(19)17-11-4-5-18(7-11)8-14(20)10-2-3-12(15)13(16)6-10/h2-3,6,11H,4-5,7-8H2,1H3,(H,17,19). The van der Waals surface area contributed by atoms with Crippen LogP contribution < -0.4 is 5.32 Å². The summed E-state index contributed by atoms with van der Waals surface area (Å²) in [5.41, 5.74) is 0.558. The summed E-state index contributed by atoms with van der Waals surface area (Å²) in [5, 5.41) is 3.70. The largest absolute Gasteiger partial charge is 0.352 e. The summed E-state index contributed by atoms with van der Waals surface area (Å²) in [7, 11) is 0. The number of Topliss-reactive ketones (excluding diaryl/α,β-unsaturated/α-hetero) is 1. The Kier molecular flexibility index (Phi) is 5.02. The van der Waals surface area contributed by atoms with E-state index in [9.17, 15) is 9.59 Å².